The van der Waals surface area contributed by atoms with Crippen LogP contribution in [0.5, 0.6) is 0 Å². The molecule has 2 aromatic heterocycles. The van der Waals surface area contributed by atoms with E-state index < -0.39 is 0 Å². The van der Waals surface area contributed by atoms with Crippen LogP contribution in [0.3, 0.4) is 0 Å². The van der Waals surface area contributed by atoms with Crippen LogP contribution < -0.4 is 10.9 Å². The molecule has 1 amide bonds. The van der Waals surface area contributed by atoms with Crippen LogP contribution in [0.1, 0.15) is 37.3 Å². The van der Waals surface area contributed by atoms with Gasteiger partial charge in [-0.1, -0.05) is 25.0 Å². The van der Waals surface area contributed by atoms with Gasteiger partial charge in [0.15, 0.2) is 0 Å². The van der Waals surface area contributed by atoms with Crippen LogP contribution in [0.4, 0.5) is 5.82 Å². The Hall–Kier alpha value is -2.96. The fourth-order valence-electron chi connectivity index (χ4n) is 3.64. The molecule has 0 spiro atoms. The van der Waals surface area contributed by atoms with E-state index in [1.54, 1.807) is 18.3 Å². The van der Waals surface area contributed by atoms with Crippen LogP contribution in [0.15, 0.2) is 41.6 Å². The number of hydrogen-bond acceptors (Lipinski definition) is 4. The van der Waals surface area contributed by atoms with Gasteiger partial charge in [-0.25, -0.2) is 9.67 Å². The van der Waals surface area contributed by atoms with Gasteiger partial charge in [-0.15, -0.1) is 0 Å². The van der Waals surface area contributed by atoms with E-state index >= 15 is 0 Å². The maximum atomic E-state index is 12.6. The van der Waals surface area contributed by atoms with Crippen molar-refractivity contribution < 1.29 is 4.79 Å². The Kier molecular flexibility index (Phi) is 4.28. The molecule has 3 aromatic rings. The zero-order valence-electron chi connectivity index (χ0n) is 14.7. The summed E-state index contributed by atoms with van der Waals surface area (Å²) in [7, 11) is 0. The number of anilines is 1. The van der Waals surface area contributed by atoms with Crippen molar-refractivity contribution in [3.63, 3.8) is 0 Å². The molecule has 26 heavy (non-hydrogen) atoms. The zero-order valence-corrected chi connectivity index (χ0v) is 14.7. The molecule has 1 aliphatic rings. The average Bonchev–Trinajstić information content (AvgIpc) is 3.29. The average molecular weight is 351 g/mol. The zero-order chi connectivity index (χ0) is 18.1. The first-order chi connectivity index (χ1) is 12.6. The maximum Gasteiger partial charge on any atom is 0.261 e. The molecule has 1 saturated carbocycles. The Balaban J connectivity index is 1.54. The number of nitrogens with zero attached hydrogens (tertiary/aromatic N) is 4. The number of carbonyl (C=O) groups excluding carboxylic acids is 1. The van der Waals surface area contributed by atoms with Crippen LogP contribution in [-0.2, 0) is 11.3 Å². The standard InChI is InChI=1S/C19H21N5O2/c1-13-5-4-8-15-18(13)20-12-23(19(15)26)11-17(25)22-16-9-10-21-24(16)14-6-2-3-7-14/h4-5,8-10,12,14H,2-3,6-7,11H2,1H3,(H,22,25). The van der Waals surface area contributed by atoms with Crippen molar-refractivity contribution in [2.24, 2.45) is 0 Å². The number of rotatable bonds is 4. The largest absolute Gasteiger partial charge is 0.309 e. The number of hydrogen-bond donors (Lipinski definition) is 1. The highest BCUT2D eigenvalue weighted by Crippen LogP contribution is 2.31. The molecule has 1 N–H and O–H groups in total. The summed E-state index contributed by atoms with van der Waals surface area (Å²) < 4.78 is 3.23. The molecule has 4 rings (SSSR count). The monoisotopic (exact) mass is 351 g/mol. The highest BCUT2D eigenvalue weighted by atomic mass is 16.2. The minimum absolute atomic E-state index is 0.0778. The molecule has 0 atom stereocenters. The molecule has 2 heterocycles. The molecule has 7 heteroatoms. The van der Waals surface area contributed by atoms with Gasteiger partial charge in [0.25, 0.3) is 5.56 Å². The summed E-state index contributed by atoms with van der Waals surface area (Å²) in [6.45, 7) is 1.83. The summed E-state index contributed by atoms with van der Waals surface area (Å²) in [5.74, 6) is 0.417. The summed E-state index contributed by atoms with van der Waals surface area (Å²) in [6, 6.07) is 7.61. The van der Waals surface area contributed by atoms with Gasteiger partial charge in [0.05, 0.1) is 29.5 Å². The van der Waals surface area contributed by atoms with Crippen molar-refractivity contribution in [1.82, 2.24) is 19.3 Å². The summed E-state index contributed by atoms with van der Waals surface area (Å²) in [5.41, 5.74) is 1.41. The van der Waals surface area contributed by atoms with E-state index in [1.807, 2.05) is 23.7 Å². The van der Waals surface area contributed by atoms with E-state index in [-0.39, 0.29) is 18.0 Å². The maximum absolute atomic E-state index is 12.6. The summed E-state index contributed by atoms with van der Waals surface area (Å²) in [4.78, 5) is 29.4. The SMILES string of the molecule is Cc1cccc2c(=O)n(CC(=O)Nc3ccnn3C3CCCC3)cnc12. The van der Waals surface area contributed by atoms with Crippen LogP contribution in [0.2, 0.25) is 0 Å². The summed E-state index contributed by atoms with van der Waals surface area (Å²) in [6.07, 6.45) is 7.67. The van der Waals surface area contributed by atoms with Crippen LogP contribution >= 0.6 is 0 Å². The first-order valence-corrected chi connectivity index (χ1v) is 8.91. The number of para-hydroxylation sites is 1. The molecule has 1 aromatic carbocycles. The van der Waals surface area contributed by atoms with Gasteiger partial charge in [-0.05, 0) is 31.4 Å². The third-order valence-corrected chi connectivity index (χ3v) is 4.98. The lowest BCUT2D eigenvalue weighted by molar-refractivity contribution is -0.116. The highest BCUT2D eigenvalue weighted by Gasteiger charge is 2.20. The van der Waals surface area contributed by atoms with Gasteiger partial charge in [-0.3, -0.25) is 14.2 Å². The van der Waals surface area contributed by atoms with E-state index in [1.165, 1.54) is 23.7 Å². The number of nitrogens with one attached hydrogen (secondary N) is 1. The Morgan fingerprint density at radius 2 is 2.08 bits per heavy atom. The van der Waals surface area contributed by atoms with Gasteiger partial charge in [0.1, 0.15) is 12.4 Å². The molecule has 0 bridgehead atoms. The van der Waals surface area contributed by atoms with Crippen molar-refractivity contribution in [3.05, 3.63) is 52.7 Å². The predicted molar refractivity (Wildman–Crippen MR) is 99.1 cm³/mol. The van der Waals surface area contributed by atoms with Crippen LogP contribution in [0, 0.1) is 6.92 Å². The lowest BCUT2D eigenvalue weighted by Crippen LogP contribution is -2.28. The smallest absolute Gasteiger partial charge is 0.261 e. The third kappa shape index (κ3) is 3.00. The lowest BCUT2D eigenvalue weighted by atomic mass is 10.1. The van der Waals surface area contributed by atoms with E-state index in [9.17, 15) is 9.59 Å². The first kappa shape index (κ1) is 16.5. The van der Waals surface area contributed by atoms with Gasteiger partial charge in [-0.2, -0.15) is 5.10 Å². The highest BCUT2D eigenvalue weighted by molar-refractivity contribution is 5.90. The molecule has 7 nitrogen and oxygen atoms in total. The molecule has 0 saturated heterocycles. The third-order valence-electron chi connectivity index (χ3n) is 4.98. The quantitative estimate of drug-likeness (QED) is 0.783. The number of aryl methyl sites for hydroxylation is 1. The van der Waals surface area contributed by atoms with E-state index in [2.05, 4.69) is 15.4 Å². The molecule has 1 fully saturated rings. The van der Waals surface area contributed by atoms with Crippen LogP contribution in [-0.4, -0.2) is 25.2 Å². The van der Waals surface area contributed by atoms with E-state index in [4.69, 9.17) is 0 Å². The van der Waals surface area contributed by atoms with Gasteiger partial charge in [0, 0.05) is 6.07 Å². The second-order valence-electron chi connectivity index (χ2n) is 6.80. The number of aromatic nitrogens is 4. The van der Waals surface area contributed by atoms with Crippen molar-refractivity contribution in [2.45, 2.75) is 45.2 Å². The number of amides is 1. The fraction of sp³-hybridized carbons (Fsp3) is 0.368. The topological polar surface area (TPSA) is 81.8 Å². The molecule has 134 valence electrons. The Bertz CT molecular complexity index is 1010. The Morgan fingerprint density at radius 1 is 1.27 bits per heavy atom. The van der Waals surface area contributed by atoms with E-state index in [0.29, 0.717) is 22.8 Å². The van der Waals surface area contributed by atoms with Crippen molar-refractivity contribution in [1.29, 1.82) is 0 Å². The first-order valence-electron chi connectivity index (χ1n) is 8.91. The summed E-state index contributed by atoms with van der Waals surface area (Å²) >= 11 is 0. The molecular formula is C19H21N5O2. The van der Waals surface area contributed by atoms with Crippen molar-refractivity contribution in [3.8, 4) is 0 Å². The molecule has 0 unspecified atom stereocenters. The van der Waals surface area contributed by atoms with Gasteiger partial charge >= 0.3 is 0 Å². The van der Waals surface area contributed by atoms with Crippen LogP contribution in [0.25, 0.3) is 10.9 Å². The fourth-order valence-corrected chi connectivity index (χ4v) is 3.64. The minimum Gasteiger partial charge on any atom is -0.309 e. The normalized spacial score (nSPS) is 14.8. The summed E-state index contributed by atoms with van der Waals surface area (Å²) in [5, 5.41) is 7.75. The minimum atomic E-state index is -0.263. The lowest BCUT2D eigenvalue weighted by Gasteiger charge is -2.15. The predicted octanol–water partition coefficient (Wildman–Crippen LogP) is 2.66. The molecule has 0 aliphatic heterocycles. The van der Waals surface area contributed by atoms with Gasteiger partial charge in [0.2, 0.25) is 5.91 Å². The number of benzene rings is 1. The van der Waals surface area contributed by atoms with Gasteiger partial charge < -0.3 is 5.32 Å². The number of carbonyl (C=O) groups is 1. The second-order valence-corrected chi connectivity index (χ2v) is 6.80. The molecule has 1 aliphatic carbocycles. The Labute approximate surface area is 150 Å². The Morgan fingerprint density at radius 3 is 2.88 bits per heavy atom. The molecular weight excluding hydrogens is 330 g/mol. The second kappa shape index (κ2) is 6.74. The van der Waals surface area contributed by atoms with Crippen molar-refractivity contribution in [2.75, 3.05) is 5.32 Å². The molecule has 0 radical (unpaired) electrons. The number of fused-ring (bicyclic) bond motifs is 1. The van der Waals surface area contributed by atoms with E-state index in [0.717, 1.165) is 18.4 Å². The van der Waals surface area contributed by atoms with Crippen molar-refractivity contribution >= 4 is 22.6 Å².